The minimum absolute atomic E-state index is 0.0168. The Bertz CT molecular complexity index is 3470. The van der Waals surface area contributed by atoms with Crippen LogP contribution in [-0.2, 0) is 35.2 Å². The minimum atomic E-state index is 0.0168. The van der Waals surface area contributed by atoms with Gasteiger partial charge >= 0.3 is 0 Å². The number of benzene rings is 6. The van der Waals surface area contributed by atoms with Crippen molar-refractivity contribution in [2.75, 3.05) is 94.1 Å². The Morgan fingerprint density at radius 3 is 1.08 bits per heavy atom. The highest BCUT2D eigenvalue weighted by atomic mass is 16.5. The van der Waals surface area contributed by atoms with Crippen molar-refractivity contribution < 1.29 is 53.3 Å². The predicted octanol–water partition coefficient (Wildman–Crippen LogP) is 12.1. The van der Waals surface area contributed by atoms with Crippen LogP contribution in [0.25, 0.3) is 36.5 Å². The summed E-state index contributed by atoms with van der Waals surface area (Å²) < 4.78 is 31.8. The molecule has 0 amide bonds. The van der Waals surface area contributed by atoms with Crippen LogP contribution in [0.2, 0.25) is 0 Å². The molecular weight excluding hydrogens is 1100 g/mol. The van der Waals surface area contributed by atoms with Crippen molar-refractivity contribution in [2.24, 2.45) is 0 Å². The molecule has 2 fully saturated rings. The van der Waals surface area contributed by atoms with Gasteiger partial charge in [-0.25, -0.2) is 0 Å². The maximum absolute atomic E-state index is 12.7. The number of phenols is 3. The largest absolute Gasteiger partial charge is 0.508 e. The third-order valence-electron chi connectivity index (χ3n) is 14.5. The van der Waals surface area contributed by atoms with Gasteiger partial charge < -0.3 is 43.7 Å². The SMILES string of the molecule is COc1cc(/C=C/c2ccc(CC(=O)c3ccc(CCN4CCOCC4)nc3)cc2)cc(OC)c1.COc1cc(/C=C/c2ccc(O)cc2)cc(OC)c1.O=C(Cc1ccc(/C=C/c2cc(O)cc(O)c2)cc1)c1ccc(CCN2CCOCC2)nc1. The summed E-state index contributed by atoms with van der Waals surface area (Å²) >= 11 is 0. The van der Waals surface area contributed by atoms with Gasteiger partial charge in [0, 0.05) is 118 Å². The third kappa shape index (κ3) is 21.3. The number of hydrogen-bond acceptors (Lipinski definition) is 15. The van der Waals surface area contributed by atoms with Gasteiger partial charge in [-0.1, -0.05) is 97.1 Å². The molecule has 8 aromatic rings. The molecule has 0 atom stereocenters. The molecule has 6 aromatic carbocycles. The standard InChI is InChI=1S/C29H32N2O4.C27H28N2O4.C16H16O3/c1-33-27-17-24(18-28(20-27)34-2)8-5-22-3-6-23(7-4-22)19-29(32)25-9-10-26(30-21-25)11-12-31-13-15-35-16-14-31;30-25-15-22(16-26(31)18-25)6-3-20-1-4-21(5-2-20)17-27(32)23-7-8-24(28-19-23)9-10-29-11-13-33-14-12-29;1-18-15-9-13(10-16(11-15)19-2)4-3-12-5-7-14(17)8-6-12/h3-10,17-18,20-21H,11-16,19H2,1-2H3;1-8,15-16,18-19,30-31H,9-14,17H2;3-11,17H,1-2H3/b8-5+;6-3+;4-3+. The summed E-state index contributed by atoms with van der Waals surface area (Å²) in [5, 5.41) is 28.4. The lowest BCUT2D eigenvalue weighted by molar-refractivity contribution is 0.0383. The molecule has 0 spiro atoms. The van der Waals surface area contributed by atoms with E-state index in [1.807, 2.05) is 158 Å². The van der Waals surface area contributed by atoms with Crippen molar-refractivity contribution in [1.82, 2.24) is 19.8 Å². The lowest BCUT2D eigenvalue weighted by Gasteiger charge is -2.26. The first-order chi connectivity index (χ1) is 42.4. The van der Waals surface area contributed by atoms with E-state index in [1.54, 1.807) is 65.1 Å². The smallest absolute Gasteiger partial charge is 0.168 e. The Morgan fingerprint density at radius 2 is 0.747 bits per heavy atom. The zero-order valence-corrected chi connectivity index (χ0v) is 49.8. The Hall–Kier alpha value is -9.38. The van der Waals surface area contributed by atoms with Crippen LogP contribution in [-0.4, -0.2) is 141 Å². The number of nitrogens with zero attached hydrogens (tertiary/aromatic N) is 4. The lowest BCUT2D eigenvalue weighted by atomic mass is 10.0. The number of carbonyl (C=O) groups is 2. The van der Waals surface area contributed by atoms with Crippen LogP contribution in [0.3, 0.4) is 0 Å². The summed E-state index contributed by atoms with van der Waals surface area (Å²) in [6.07, 6.45) is 17.5. The molecule has 0 unspecified atom stereocenters. The molecule has 450 valence electrons. The quantitative estimate of drug-likeness (QED) is 0.0430. The van der Waals surface area contributed by atoms with Gasteiger partial charge in [0.15, 0.2) is 11.6 Å². The van der Waals surface area contributed by atoms with Crippen LogP contribution >= 0.6 is 0 Å². The average molecular weight is 1170 g/mol. The van der Waals surface area contributed by atoms with E-state index >= 15 is 0 Å². The highest BCUT2D eigenvalue weighted by molar-refractivity contribution is 5.98. The minimum Gasteiger partial charge on any atom is -0.508 e. The van der Waals surface area contributed by atoms with E-state index < -0.39 is 0 Å². The number of ether oxygens (including phenoxy) is 6. The fraction of sp³-hybridized carbons (Fsp3) is 0.250. The van der Waals surface area contributed by atoms with Crippen molar-refractivity contribution in [3.05, 3.63) is 231 Å². The van der Waals surface area contributed by atoms with E-state index in [0.717, 1.165) is 152 Å². The topological polar surface area (TPSA) is 182 Å². The van der Waals surface area contributed by atoms with E-state index in [-0.39, 0.29) is 28.8 Å². The van der Waals surface area contributed by atoms with Crippen LogP contribution in [0, 0.1) is 0 Å². The monoisotopic (exact) mass is 1170 g/mol. The number of ketones is 2. The number of morpholine rings is 2. The molecule has 87 heavy (non-hydrogen) atoms. The maximum Gasteiger partial charge on any atom is 0.168 e. The molecule has 0 radical (unpaired) electrons. The molecule has 3 N–H and O–H groups in total. The number of carbonyl (C=O) groups excluding carboxylic acids is 2. The number of aromatic hydroxyl groups is 3. The van der Waals surface area contributed by atoms with Gasteiger partial charge in [-0.15, -0.1) is 0 Å². The van der Waals surface area contributed by atoms with Crippen LogP contribution in [0.1, 0.15) is 76.6 Å². The van der Waals surface area contributed by atoms with E-state index in [4.69, 9.17) is 28.4 Å². The summed E-state index contributed by atoms with van der Waals surface area (Å²) in [5.41, 5.74) is 10.9. The molecule has 0 aliphatic carbocycles. The van der Waals surface area contributed by atoms with Gasteiger partial charge in [-0.3, -0.25) is 29.4 Å². The van der Waals surface area contributed by atoms with Crippen LogP contribution in [0.4, 0.5) is 0 Å². The maximum atomic E-state index is 12.7. The second kappa shape index (κ2) is 33.3. The molecule has 0 bridgehead atoms. The van der Waals surface area contributed by atoms with E-state index in [0.29, 0.717) is 29.5 Å². The average Bonchev–Trinajstić information content (AvgIpc) is 3.74. The van der Waals surface area contributed by atoms with Gasteiger partial charge in [0.25, 0.3) is 0 Å². The Balaban J connectivity index is 0.000000177. The molecular formula is C72H76N4O11. The van der Waals surface area contributed by atoms with Crippen molar-refractivity contribution >= 4 is 48.0 Å². The number of methoxy groups -OCH3 is 4. The first-order valence-electron chi connectivity index (χ1n) is 29.0. The molecule has 2 aliphatic heterocycles. The Morgan fingerprint density at radius 1 is 0.414 bits per heavy atom. The highest BCUT2D eigenvalue weighted by Crippen LogP contribution is 2.27. The summed E-state index contributed by atoms with van der Waals surface area (Å²) in [5.74, 6) is 3.42. The number of hydrogen-bond donors (Lipinski definition) is 3. The number of aromatic nitrogens is 2. The van der Waals surface area contributed by atoms with Gasteiger partial charge in [0.05, 0.1) is 54.9 Å². The fourth-order valence-electron chi connectivity index (χ4n) is 9.47. The van der Waals surface area contributed by atoms with Gasteiger partial charge in [-0.2, -0.15) is 0 Å². The number of pyridine rings is 2. The first-order valence-corrected chi connectivity index (χ1v) is 29.0. The van der Waals surface area contributed by atoms with Crippen molar-refractivity contribution in [2.45, 2.75) is 25.7 Å². The van der Waals surface area contributed by atoms with E-state index in [1.165, 1.54) is 6.07 Å². The van der Waals surface area contributed by atoms with Crippen molar-refractivity contribution in [3.8, 4) is 40.2 Å². The highest BCUT2D eigenvalue weighted by Gasteiger charge is 2.14. The van der Waals surface area contributed by atoms with Crippen LogP contribution in [0.15, 0.2) is 164 Å². The number of rotatable bonds is 22. The summed E-state index contributed by atoms with van der Waals surface area (Å²) in [4.78, 5) is 39.2. The van der Waals surface area contributed by atoms with Crippen LogP contribution < -0.4 is 18.9 Å². The molecule has 2 saturated heterocycles. The van der Waals surface area contributed by atoms with Gasteiger partial charge in [-0.05, 0) is 117 Å². The molecule has 15 nitrogen and oxygen atoms in total. The lowest BCUT2D eigenvalue weighted by Crippen LogP contribution is -2.37. The van der Waals surface area contributed by atoms with E-state index in [2.05, 4.69) is 19.8 Å². The number of phenolic OH excluding ortho intramolecular Hbond substituents is 3. The van der Waals surface area contributed by atoms with E-state index in [9.17, 15) is 24.9 Å². The zero-order chi connectivity index (χ0) is 61.2. The molecule has 4 heterocycles. The Kier molecular flexibility index (Phi) is 24.4. The summed E-state index contributed by atoms with van der Waals surface area (Å²) in [6.45, 7) is 8.98. The second-order valence-corrected chi connectivity index (χ2v) is 20.8. The zero-order valence-electron chi connectivity index (χ0n) is 49.8. The molecule has 2 aliphatic rings. The van der Waals surface area contributed by atoms with Crippen molar-refractivity contribution in [1.29, 1.82) is 0 Å². The predicted molar refractivity (Wildman–Crippen MR) is 343 cm³/mol. The normalized spacial score (nSPS) is 13.6. The summed E-state index contributed by atoms with van der Waals surface area (Å²) in [6, 6.07) is 46.3. The first kappa shape index (κ1) is 63.6. The van der Waals surface area contributed by atoms with Gasteiger partial charge in [0.2, 0.25) is 0 Å². The fourth-order valence-corrected chi connectivity index (χ4v) is 9.47. The molecule has 0 saturated carbocycles. The third-order valence-corrected chi connectivity index (χ3v) is 14.5. The summed E-state index contributed by atoms with van der Waals surface area (Å²) in [7, 11) is 6.53. The van der Waals surface area contributed by atoms with Gasteiger partial charge in [0.1, 0.15) is 40.2 Å². The second-order valence-electron chi connectivity index (χ2n) is 20.8. The van der Waals surface area contributed by atoms with Crippen molar-refractivity contribution in [3.63, 3.8) is 0 Å². The molecule has 15 heteroatoms. The molecule has 2 aromatic heterocycles. The molecule has 10 rings (SSSR count). The Labute approximate surface area is 510 Å². The van der Waals surface area contributed by atoms with Crippen LogP contribution in [0.5, 0.6) is 40.2 Å². The number of Topliss-reactive ketones (excluding diaryl/α,β-unsaturated/α-hetero) is 2.